The Morgan fingerprint density at radius 1 is 1.62 bits per heavy atom. The lowest BCUT2D eigenvalue weighted by molar-refractivity contribution is -0.140. The molecule has 1 aromatic heterocycles. The summed E-state index contributed by atoms with van der Waals surface area (Å²) in [5.74, 6) is -1.84. The average molecular weight is 247 g/mol. The molecule has 0 amide bonds. The first-order valence-electron chi connectivity index (χ1n) is 4.60. The molecule has 0 spiro atoms. The summed E-state index contributed by atoms with van der Waals surface area (Å²) in [6, 6.07) is 1.37. The molecule has 0 radical (unpaired) electrons. The third kappa shape index (κ3) is 3.07. The van der Waals surface area contributed by atoms with Gasteiger partial charge in [0, 0.05) is 12.6 Å². The number of nitrogens with one attached hydrogen (secondary N) is 1. The molecule has 1 atom stereocenters. The highest BCUT2D eigenvalue weighted by Gasteiger charge is 2.20. The molecule has 2 N–H and O–H groups in total. The van der Waals surface area contributed by atoms with Gasteiger partial charge in [0.25, 0.3) is 10.0 Å². The highest BCUT2D eigenvalue weighted by atomic mass is 32.2. The summed E-state index contributed by atoms with van der Waals surface area (Å²) in [5, 5.41) is 8.39. The van der Waals surface area contributed by atoms with E-state index >= 15 is 0 Å². The van der Waals surface area contributed by atoms with Crippen molar-refractivity contribution in [1.29, 1.82) is 0 Å². The van der Waals surface area contributed by atoms with Crippen molar-refractivity contribution >= 4 is 16.0 Å². The minimum atomic E-state index is -3.75. The molecule has 0 aromatic carbocycles. The normalized spacial score (nSPS) is 13.6. The first-order valence-corrected chi connectivity index (χ1v) is 6.09. The second-order valence-corrected chi connectivity index (χ2v) is 5.23. The molecular weight excluding hydrogens is 234 g/mol. The second-order valence-electron chi connectivity index (χ2n) is 3.53. The van der Waals surface area contributed by atoms with Crippen molar-refractivity contribution in [3.63, 3.8) is 0 Å². The van der Waals surface area contributed by atoms with E-state index in [0.29, 0.717) is 5.56 Å². The van der Waals surface area contributed by atoms with E-state index in [2.05, 4.69) is 4.72 Å². The molecule has 1 unspecified atom stereocenters. The summed E-state index contributed by atoms with van der Waals surface area (Å²) in [4.78, 5) is 10.5. The summed E-state index contributed by atoms with van der Waals surface area (Å²) >= 11 is 0. The predicted molar refractivity (Wildman–Crippen MR) is 55.4 cm³/mol. The maximum Gasteiger partial charge on any atom is 0.307 e. The highest BCUT2D eigenvalue weighted by Crippen LogP contribution is 2.12. The fourth-order valence-electron chi connectivity index (χ4n) is 0.939. The van der Waals surface area contributed by atoms with Crippen LogP contribution in [0.1, 0.15) is 12.5 Å². The Morgan fingerprint density at radius 3 is 2.69 bits per heavy atom. The lowest BCUT2D eigenvalue weighted by atomic mass is 10.2. The van der Waals surface area contributed by atoms with Crippen LogP contribution in [-0.2, 0) is 14.8 Å². The van der Waals surface area contributed by atoms with Crippen molar-refractivity contribution in [3.8, 4) is 0 Å². The van der Waals surface area contributed by atoms with Gasteiger partial charge in [-0.15, -0.1) is 0 Å². The van der Waals surface area contributed by atoms with Crippen molar-refractivity contribution in [2.75, 3.05) is 6.54 Å². The molecule has 6 nitrogen and oxygen atoms in total. The van der Waals surface area contributed by atoms with Crippen LogP contribution in [0, 0.1) is 12.8 Å². The van der Waals surface area contributed by atoms with E-state index < -0.39 is 21.9 Å². The molecule has 1 heterocycles. The molecule has 7 heteroatoms. The summed E-state index contributed by atoms with van der Waals surface area (Å²) < 4.78 is 30.1. The number of sulfonamides is 1. The molecule has 0 aliphatic heterocycles. The molecular formula is C9H13NO5S. The van der Waals surface area contributed by atoms with Crippen molar-refractivity contribution < 1.29 is 22.7 Å². The number of carbonyl (C=O) groups is 1. The van der Waals surface area contributed by atoms with Gasteiger partial charge in [-0.1, -0.05) is 6.92 Å². The molecule has 0 bridgehead atoms. The van der Waals surface area contributed by atoms with Crippen molar-refractivity contribution in [3.05, 3.63) is 17.9 Å². The lowest BCUT2D eigenvalue weighted by Crippen LogP contribution is -2.31. The minimum absolute atomic E-state index is 0.169. The van der Waals surface area contributed by atoms with Gasteiger partial charge in [0.15, 0.2) is 0 Å². The topological polar surface area (TPSA) is 96.6 Å². The summed E-state index contributed by atoms with van der Waals surface area (Å²) in [6.45, 7) is 2.94. The Bertz CT molecular complexity index is 476. The van der Waals surface area contributed by atoms with E-state index in [4.69, 9.17) is 9.52 Å². The van der Waals surface area contributed by atoms with Crippen LogP contribution in [0.15, 0.2) is 21.8 Å². The SMILES string of the molecule is Cc1coc(S(=O)(=O)NCC(C)C(=O)O)c1. The third-order valence-electron chi connectivity index (χ3n) is 1.97. The molecule has 0 saturated heterocycles. The number of furan rings is 1. The van der Waals surface area contributed by atoms with Gasteiger partial charge in [0.05, 0.1) is 12.2 Å². The molecule has 0 fully saturated rings. The second kappa shape index (κ2) is 4.67. The van der Waals surface area contributed by atoms with Crippen LogP contribution >= 0.6 is 0 Å². The number of hydrogen-bond donors (Lipinski definition) is 2. The Morgan fingerprint density at radius 2 is 2.25 bits per heavy atom. The van der Waals surface area contributed by atoms with Crippen LogP contribution in [0.5, 0.6) is 0 Å². The lowest BCUT2D eigenvalue weighted by Gasteiger charge is -2.06. The number of rotatable bonds is 5. The first kappa shape index (κ1) is 12.7. The van der Waals surface area contributed by atoms with E-state index in [1.165, 1.54) is 19.3 Å². The molecule has 1 aromatic rings. The standard InChI is InChI=1S/C9H13NO5S/c1-6-3-8(15-5-6)16(13,14)10-4-7(2)9(11)12/h3,5,7,10H,4H2,1-2H3,(H,11,12). The number of carboxylic acid groups (broad SMARTS) is 1. The molecule has 16 heavy (non-hydrogen) atoms. The van der Waals surface area contributed by atoms with Crippen LogP contribution in [0.2, 0.25) is 0 Å². The quantitative estimate of drug-likeness (QED) is 0.793. The van der Waals surface area contributed by atoms with Gasteiger partial charge in [-0.05, 0) is 12.5 Å². The van der Waals surface area contributed by atoms with Crippen molar-refractivity contribution in [1.82, 2.24) is 4.72 Å². The van der Waals surface area contributed by atoms with Crippen LogP contribution in [0.25, 0.3) is 0 Å². The molecule has 0 aliphatic rings. The first-order chi connectivity index (χ1) is 7.33. The number of hydrogen-bond acceptors (Lipinski definition) is 4. The van der Waals surface area contributed by atoms with E-state index in [-0.39, 0.29) is 11.6 Å². The molecule has 1 rings (SSSR count). The maximum atomic E-state index is 11.6. The number of carboxylic acids is 1. The zero-order valence-corrected chi connectivity index (χ0v) is 9.74. The Balaban J connectivity index is 2.70. The summed E-state index contributed by atoms with van der Waals surface area (Å²) in [5.41, 5.74) is 0.687. The van der Waals surface area contributed by atoms with Gasteiger partial charge in [-0.25, -0.2) is 13.1 Å². The number of aliphatic carboxylic acids is 1. The van der Waals surface area contributed by atoms with Crippen LogP contribution < -0.4 is 4.72 Å². The zero-order valence-electron chi connectivity index (χ0n) is 8.93. The van der Waals surface area contributed by atoms with Gasteiger partial charge in [0.2, 0.25) is 5.09 Å². The van der Waals surface area contributed by atoms with Gasteiger partial charge >= 0.3 is 5.97 Å². The summed E-state index contributed by atoms with van der Waals surface area (Å²) in [6.07, 6.45) is 1.31. The Hall–Kier alpha value is -1.34. The van der Waals surface area contributed by atoms with E-state index in [0.717, 1.165) is 0 Å². The fraction of sp³-hybridized carbons (Fsp3) is 0.444. The zero-order chi connectivity index (χ0) is 12.3. The van der Waals surface area contributed by atoms with Crippen molar-refractivity contribution in [2.24, 2.45) is 5.92 Å². The predicted octanol–water partition coefficient (Wildman–Crippen LogP) is 0.587. The molecule has 90 valence electrons. The minimum Gasteiger partial charge on any atom is -0.481 e. The Kier molecular flexibility index (Phi) is 3.71. The van der Waals surface area contributed by atoms with Gasteiger partial charge in [-0.3, -0.25) is 4.79 Å². The monoisotopic (exact) mass is 247 g/mol. The van der Waals surface area contributed by atoms with Gasteiger partial charge < -0.3 is 9.52 Å². The van der Waals surface area contributed by atoms with Crippen LogP contribution in [0.3, 0.4) is 0 Å². The maximum absolute atomic E-state index is 11.6. The fourth-order valence-corrected chi connectivity index (χ4v) is 2.07. The van der Waals surface area contributed by atoms with Gasteiger partial charge in [-0.2, -0.15) is 0 Å². The van der Waals surface area contributed by atoms with Crippen LogP contribution in [0.4, 0.5) is 0 Å². The highest BCUT2D eigenvalue weighted by molar-refractivity contribution is 7.89. The largest absolute Gasteiger partial charge is 0.481 e. The van der Waals surface area contributed by atoms with Crippen LogP contribution in [-0.4, -0.2) is 26.0 Å². The van der Waals surface area contributed by atoms with E-state index in [1.54, 1.807) is 6.92 Å². The Labute approximate surface area is 93.3 Å². The average Bonchev–Trinajstić information content (AvgIpc) is 2.61. The summed E-state index contributed by atoms with van der Waals surface area (Å²) in [7, 11) is -3.75. The molecule has 0 aliphatic carbocycles. The van der Waals surface area contributed by atoms with E-state index in [9.17, 15) is 13.2 Å². The van der Waals surface area contributed by atoms with Crippen molar-refractivity contribution in [2.45, 2.75) is 18.9 Å². The number of aryl methyl sites for hydroxylation is 1. The molecule has 0 saturated carbocycles. The van der Waals surface area contributed by atoms with E-state index in [1.807, 2.05) is 0 Å². The smallest absolute Gasteiger partial charge is 0.307 e. The third-order valence-corrected chi connectivity index (χ3v) is 3.26. The van der Waals surface area contributed by atoms with Gasteiger partial charge in [0.1, 0.15) is 0 Å².